The average molecular weight is 577 g/mol. The lowest BCUT2D eigenvalue weighted by molar-refractivity contribution is -0.150. The number of carbonyl (C=O) groups excluding carboxylic acids is 2. The molecule has 1 aliphatic carbocycles. The quantitative estimate of drug-likeness (QED) is 0.459. The Morgan fingerprint density at radius 2 is 1.71 bits per heavy atom. The van der Waals surface area contributed by atoms with Gasteiger partial charge in [-0.05, 0) is 99.7 Å². The van der Waals surface area contributed by atoms with E-state index < -0.39 is 6.04 Å². The van der Waals surface area contributed by atoms with Crippen LogP contribution in [0, 0.1) is 18.3 Å². The molecule has 0 bridgehead atoms. The van der Waals surface area contributed by atoms with Gasteiger partial charge >= 0.3 is 0 Å². The average Bonchev–Trinajstić information content (AvgIpc) is 3.00. The van der Waals surface area contributed by atoms with E-state index in [-0.39, 0.29) is 24.2 Å². The van der Waals surface area contributed by atoms with Crippen molar-refractivity contribution in [1.82, 2.24) is 10.2 Å². The topological polar surface area (TPSA) is 111 Å². The van der Waals surface area contributed by atoms with E-state index in [4.69, 9.17) is 14.6 Å². The van der Waals surface area contributed by atoms with Gasteiger partial charge in [-0.15, -0.1) is 0 Å². The summed E-state index contributed by atoms with van der Waals surface area (Å²) < 4.78 is 5.59. The Morgan fingerprint density at radius 1 is 1.05 bits per heavy atom. The largest absolute Gasteiger partial charge is 0.483 e. The van der Waals surface area contributed by atoms with Crippen LogP contribution in [0.1, 0.15) is 61.3 Å². The number of anilines is 2. The monoisotopic (exact) mass is 576 g/mol. The summed E-state index contributed by atoms with van der Waals surface area (Å²) in [6.07, 6.45) is 7.31. The molecule has 3 heterocycles. The van der Waals surface area contributed by atoms with Crippen molar-refractivity contribution >= 4 is 29.7 Å². The van der Waals surface area contributed by atoms with Crippen molar-refractivity contribution in [3.05, 3.63) is 59.2 Å². The zero-order valence-electron chi connectivity index (χ0n) is 24.8. The molecule has 3 aliphatic heterocycles. The summed E-state index contributed by atoms with van der Waals surface area (Å²) in [6, 6.07) is 13.6. The van der Waals surface area contributed by atoms with Gasteiger partial charge in [0.05, 0.1) is 6.10 Å². The number of benzene rings is 2. The van der Waals surface area contributed by atoms with Crippen LogP contribution in [-0.2, 0) is 25.5 Å². The third kappa shape index (κ3) is 6.32. The van der Waals surface area contributed by atoms with Crippen molar-refractivity contribution in [2.45, 2.75) is 64.0 Å². The molecule has 2 aromatic rings. The first kappa shape index (κ1) is 30.0. The maximum atomic E-state index is 14.0. The highest BCUT2D eigenvalue weighted by Crippen LogP contribution is 2.53. The van der Waals surface area contributed by atoms with Crippen molar-refractivity contribution < 1.29 is 24.2 Å². The van der Waals surface area contributed by atoms with Gasteiger partial charge in [0, 0.05) is 44.0 Å². The summed E-state index contributed by atoms with van der Waals surface area (Å²) in [5, 5.41) is 13.5. The summed E-state index contributed by atoms with van der Waals surface area (Å²) in [7, 11) is 1.79. The summed E-state index contributed by atoms with van der Waals surface area (Å²) in [5.74, 6) is 0.0510. The molecule has 2 saturated heterocycles. The lowest BCUT2D eigenvalue weighted by Gasteiger charge is -2.51. The number of ether oxygens (including phenoxy) is 1. The SMILES string of the molecule is COC1CCN(c2cccc3c2CCN(C(=O)C2CC4(CCNCC4)C2)C3C(=O)Nc2ccc(C)cc2)CC1.O=CO. The molecule has 2 aromatic carbocycles. The van der Waals surface area contributed by atoms with Gasteiger partial charge in [0.2, 0.25) is 5.91 Å². The van der Waals surface area contributed by atoms with E-state index in [1.54, 1.807) is 7.11 Å². The highest BCUT2D eigenvalue weighted by atomic mass is 16.5. The van der Waals surface area contributed by atoms with E-state index >= 15 is 0 Å². The third-order valence-corrected chi connectivity index (χ3v) is 9.74. The first-order valence-electron chi connectivity index (χ1n) is 15.2. The summed E-state index contributed by atoms with van der Waals surface area (Å²) >= 11 is 0. The van der Waals surface area contributed by atoms with Crippen molar-refractivity contribution in [1.29, 1.82) is 0 Å². The predicted octanol–water partition coefficient (Wildman–Crippen LogP) is 4.16. The van der Waals surface area contributed by atoms with Crippen molar-refractivity contribution in [3.63, 3.8) is 0 Å². The minimum Gasteiger partial charge on any atom is -0.483 e. The number of hydrogen-bond acceptors (Lipinski definition) is 6. The van der Waals surface area contributed by atoms with Crippen molar-refractivity contribution in [3.8, 4) is 0 Å². The van der Waals surface area contributed by atoms with Gasteiger partial charge in [-0.25, -0.2) is 0 Å². The van der Waals surface area contributed by atoms with Crippen LogP contribution in [0.2, 0.25) is 0 Å². The minimum absolute atomic E-state index is 0.0237. The zero-order valence-corrected chi connectivity index (χ0v) is 24.8. The molecule has 1 atom stereocenters. The fourth-order valence-corrected chi connectivity index (χ4v) is 7.41. The van der Waals surface area contributed by atoms with Crippen LogP contribution in [0.3, 0.4) is 0 Å². The maximum absolute atomic E-state index is 14.0. The smallest absolute Gasteiger partial charge is 0.290 e. The Bertz CT molecular complexity index is 1240. The number of methoxy groups -OCH3 is 1. The van der Waals surface area contributed by atoms with Gasteiger partial charge in [-0.2, -0.15) is 0 Å². The van der Waals surface area contributed by atoms with E-state index in [0.717, 1.165) is 87.9 Å². The highest BCUT2D eigenvalue weighted by molar-refractivity contribution is 5.99. The summed E-state index contributed by atoms with van der Waals surface area (Å²) in [6.45, 7) is 6.34. The number of rotatable bonds is 5. The van der Waals surface area contributed by atoms with E-state index in [1.165, 1.54) is 11.3 Å². The fraction of sp³-hybridized carbons (Fsp3) is 0.545. The molecule has 3 fully saturated rings. The van der Waals surface area contributed by atoms with Crippen molar-refractivity contribution in [2.24, 2.45) is 11.3 Å². The predicted molar refractivity (Wildman–Crippen MR) is 163 cm³/mol. The number of nitrogens with zero attached hydrogens (tertiary/aromatic N) is 2. The normalized spacial score (nSPS) is 21.9. The van der Waals surface area contributed by atoms with E-state index in [0.29, 0.717) is 18.1 Å². The van der Waals surface area contributed by atoms with Crippen molar-refractivity contribution in [2.75, 3.05) is 50.1 Å². The lowest BCUT2D eigenvalue weighted by atomic mass is 9.57. The molecule has 2 amide bonds. The van der Waals surface area contributed by atoms with E-state index in [2.05, 4.69) is 33.7 Å². The number of fused-ring (bicyclic) bond motifs is 1. The summed E-state index contributed by atoms with van der Waals surface area (Å²) in [5.41, 5.74) is 5.62. The Kier molecular flexibility index (Phi) is 9.48. The van der Waals surface area contributed by atoms with Crippen LogP contribution in [0.15, 0.2) is 42.5 Å². The number of carboxylic acid groups (broad SMARTS) is 1. The molecule has 4 aliphatic rings. The van der Waals surface area contributed by atoms with E-state index in [9.17, 15) is 9.59 Å². The molecule has 1 unspecified atom stereocenters. The second kappa shape index (κ2) is 13.3. The second-order valence-corrected chi connectivity index (χ2v) is 12.3. The second-order valence-electron chi connectivity index (χ2n) is 12.3. The van der Waals surface area contributed by atoms with Crippen LogP contribution < -0.4 is 15.5 Å². The number of amides is 2. The highest BCUT2D eigenvalue weighted by Gasteiger charge is 2.50. The Labute approximate surface area is 248 Å². The molecule has 9 heteroatoms. The Balaban J connectivity index is 0.00000113. The molecule has 226 valence electrons. The minimum atomic E-state index is -0.622. The fourth-order valence-electron chi connectivity index (χ4n) is 7.41. The van der Waals surface area contributed by atoms with Gasteiger partial charge in [0.25, 0.3) is 12.4 Å². The third-order valence-electron chi connectivity index (χ3n) is 9.74. The number of aryl methyl sites for hydroxylation is 1. The van der Waals surface area contributed by atoms with Gasteiger partial charge in [-0.3, -0.25) is 14.4 Å². The van der Waals surface area contributed by atoms with E-state index in [1.807, 2.05) is 36.1 Å². The van der Waals surface area contributed by atoms with Gasteiger partial charge < -0.3 is 30.3 Å². The molecule has 3 N–H and O–H groups in total. The Morgan fingerprint density at radius 3 is 2.36 bits per heavy atom. The maximum Gasteiger partial charge on any atom is 0.290 e. The molecule has 42 heavy (non-hydrogen) atoms. The van der Waals surface area contributed by atoms with Crippen LogP contribution in [0.4, 0.5) is 11.4 Å². The van der Waals surface area contributed by atoms with Crippen LogP contribution in [-0.4, -0.2) is 74.2 Å². The van der Waals surface area contributed by atoms with Crippen LogP contribution >= 0.6 is 0 Å². The standard InChI is InChI=1S/C32H42N4O3.CH2O2/c1-22-6-8-24(9-7-22)34-30(37)29-27-4-3-5-28(35-17-10-25(39-2)11-18-35)26(27)12-19-36(29)31(38)23-20-32(21-23)13-15-33-16-14-32;2-1-3/h3-9,23,25,29,33H,10-21H2,1-2H3,(H,34,37);1H,(H,2,3). The first-order chi connectivity index (χ1) is 20.4. The van der Waals surface area contributed by atoms with Gasteiger partial charge in [0.15, 0.2) is 0 Å². The summed E-state index contributed by atoms with van der Waals surface area (Å²) in [4.78, 5) is 40.7. The molecule has 1 spiro atoms. The number of nitrogens with one attached hydrogen (secondary N) is 2. The molecule has 1 saturated carbocycles. The molecule has 0 aromatic heterocycles. The number of hydrogen-bond donors (Lipinski definition) is 3. The van der Waals surface area contributed by atoms with Gasteiger partial charge in [0.1, 0.15) is 6.04 Å². The number of carbonyl (C=O) groups is 3. The molecule has 9 nitrogen and oxygen atoms in total. The lowest BCUT2D eigenvalue weighted by Crippen LogP contribution is -2.54. The van der Waals surface area contributed by atoms with Crippen LogP contribution in [0.25, 0.3) is 0 Å². The molecule has 0 radical (unpaired) electrons. The zero-order chi connectivity index (χ0) is 29.7. The first-order valence-corrected chi connectivity index (χ1v) is 15.2. The van der Waals surface area contributed by atoms with Gasteiger partial charge in [-0.1, -0.05) is 29.8 Å². The molecular formula is C33H44N4O5. The molecular weight excluding hydrogens is 532 g/mol. The van der Waals surface area contributed by atoms with Crippen LogP contribution in [0.5, 0.6) is 0 Å². The Hall–Kier alpha value is -3.43. The number of piperidine rings is 2. The molecule has 6 rings (SSSR count).